The van der Waals surface area contributed by atoms with Gasteiger partial charge in [-0.2, -0.15) is 0 Å². The molecule has 1 saturated carbocycles. The Labute approximate surface area is 173 Å². The zero-order valence-corrected chi connectivity index (χ0v) is 17.0. The lowest BCUT2D eigenvalue weighted by Gasteiger charge is -2.36. The number of ether oxygens (including phenoxy) is 2. The van der Waals surface area contributed by atoms with Gasteiger partial charge >= 0.3 is 0 Å². The maximum absolute atomic E-state index is 10.9. The molecule has 0 N–H and O–H groups in total. The maximum atomic E-state index is 10.9. The second-order valence-electron chi connectivity index (χ2n) is 8.12. The number of hydrogen-bond acceptors (Lipinski definition) is 4. The summed E-state index contributed by atoms with van der Waals surface area (Å²) in [6, 6.07) is 19.4. The predicted molar refractivity (Wildman–Crippen MR) is 115 cm³/mol. The highest BCUT2D eigenvalue weighted by Gasteiger charge is 2.41. The zero-order chi connectivity index (χ0) is 19.9. The van der Waals surface area contributed by atoms with Crippen LogP contribution in [0.4, 0.5) is 0 Å². The van der Waals surface area contributed by atoms with Crippen molar-refractivity contribution in [3.05, 3.63) is 60.2 Å². The minimum atomic E-state index is -0.0121. The Morgan fingerprint density at radius 2 is 1.59 bits per heavy atom. The van der Waals surface area contributed by atoms with E-state index in [0.717, 1.165) is 32.2 Å². The van der Waals surface area contributed by atoms with Crippen molar-refractivity contribution in [1.29, 1.82) is 0 Å². The van der Waals surface area contributed by atoms with E-state index >= 15 is 0 Å². The van der Waals surface area contributed by atoms with Gasteiger partial charge in [0.2, 0.25) is 0 Å². The number of piperidine rings is 1. The van der Waals surface area contributed by atoms with Crippen LogP contribution in [-0.2, 0) is 20.9 Å². The van der Waals surface area contributed by atoms with Crippen molar-refractivity contribution in [2.75, 3.05) is 19.7 Å². The van der Waals surface area contributed by atoms with Crippen molar-refractivity contribution in [3.8, 4) is 11.1 Å². The summed E-state index contributed by atoms with van der Waals surface area (Å²) in [7, 11) is 0. The van der Waals surface area contributed by atoms with Crippen LogP contribution >= 0.6 is 0 Å². The van der Waals surface area contributed by atoms with Gasteiger partial charge in [0, 0.05) is 6.04 Å². The van der Waals surface area contributed by atoms with Gasteiger partial charge in [-0.1, -0.05) is 61.0 Å². The zero-order valence-electron chi connectivity index (χ0n) is 17.0. The van der Waals surface area contributed by atoms with Crippen LogP contribution in [0, 0.1) is 0 Å². The smallest absolute Gasteiger partial charge is 0.145 e. The van der Waals surface area contributed by atoms with Gasteiger partial charge in [-0.25, -0.2) is 0 Å². The molecule has 154 valence electrons. The molecule has 2 aromatic carbocycles. The molecule has 0 aromatic heterocycles. The van der Waals surface area contributed by atoms with Crippen molar-refractivity contribution < 1.29 is 14.3 Å². The molecule has 1 saturated heterocycles. The summed E-state index contributed by atoms with van der Waals surface area (Å²) in [5.74, 6) is 0. The summed E-state index contributed by atoms with van der Waals surface area (Å²) in [6.45, 7) is 3.01. The number of likely N-dealkylation sites (tertiary alicyclic amines) is 1. The second kappa shape index (κ2) is 10.1. The molecule has 0 spiro atoms. The molecule has 1 aliphatic carbocycles. The average molecular weight is 394 g/mol. The molecule has 2 aromatic rings. The number of aldehydes is 1. The van der Waals surface area contributed by atoms with Crippen molar-refractivity contribution in [2.24, 2.45) is 0 Å². The first-order valence-corrected chi connectivity index (χ1v) is 10.9. The number of benzene rings is 2. The highest BCUT2D eigenvalue weighted by molar-refractivity contribution is 5.63. The number of rotatable bonds is 8. The molecule has 1 aliphatic heterocycles. The topological polar surface area (TPSA) is 38.8 Å². The fourth-order valence-corrected chi connectivity index (χ4v) is 4.73. The molecule has 1 heterocycles. The van der Waals surface area contributed by atoms with Gasteiger partial charge in [0.15, 0.2) is 0 Å². The SMILES string of the molecule is O=CCO[C@H]1[C@H](N2CCCCC2)CC[C@H]1OCc1ccc(-c2ccccc2)cc1. The van der Waals surface area contributed by atoms with Crippen LogP contribution < -0.4 is 0 Å². The van der Waals surface area contributed by atoms with Crippen LogP contribution in [0.3, 0.4) is 0 Å². The third-order valence-corrected chi connectivity index (χ3v) is 6.23. The highest BCUT2D eigenvalue weighted by atomic mass is 16.5. The van der Waals surface area contributed by atoms with Gasteiger partial charge in [0.05, 0.1) is 18.8 Å². The van der Waals surface area contributed by atoms with Crippen LogP contribution in [0.25, 0.3) is 11.1 Å². The van der Waals surface area contributed by atoms with Gasteiger partial charge in [-0.05, 0) is 55.5 Å². The van der Waals surface area contributed by atoms with E-state index in [9.17, 15) is 4.79 Å². The molecule has 0 unspecified atom stereocenters. The third-order valence-electron chi connectivity index (χ3n) is 6.23. The number of hydrogen-bond donors (Lipinski definition) is 0. The molecule has 2 fully saturated rings. The first-order chi connectivity index (χ1) is 14.3. The Morgan fingerprint density at radius 3 is 2.31 bits per heavy atom. The lowest BCUT2D eigenvalue weighted by molar-refractivity contribution is -0.122. The summed E-state index contributed by atoms with van der Waals surface area (Å²) < 4.78 is 12.3. The highest BCUT2D eigenvalue weighted by Crippen LogP contribution is 2.32. The molecule has 0 radical (unpaired) electrons. The molecule has 0 amide bonds. The minimum absolute atomic E-state index is 0.0121. The average Bonchev–Trinajstić information content (AvgIpc) is 3.20. The van der Waals surface area contributed by atoms with E-state index in [2.05, 4.69) is 53.4 Å². The van der Waals surface area contributed by atoms with Crippen molar-refractivity contribution in [2.45, 2.75) is 57.0 Å². The van der Waals surface area contributed by atoms with Crippen molar-refractivity contribution >= 4 is 6.29 Å². The van der Waals surface area contributed by atoms with Gasteiger partial charge in [0.1, 0.15) is 12.9 Å². The number of nitrogens with zero attached hydrogens (tertiary/aromatic N) is 1. The second-order valence-corrected chi connectivity index (χ2v) is 8.12. The Bertz CT molecular complexity index is 755. The standard InChI is InChI=1S/C25H31NO3/c27-17-18-28-25-23(26-15-5-2-6-16-26)13-14-24(25)29-19-20-9-11-22(12-10-20)21-7-3-1-4-8-21/h1,3-4,7-12,17,23-25H,2,5-6,13-16,18-19H2/t23-,24-,25+/m1/s1. The maximum Gasteiger partial charge on any atom is 0.145 e. The van der Waals surface area contributed by atoms with E-state index in [-0.39, 0.29) is 18.8 Å². The molecular formula is C25H31NO3. The summed E-state index contributed by atoms with van der Waals surface area (Å²) >= 11 is 0. The third kappa shape index (κ3) is 5.13. The number of carbonyl (C=O) groups excluding carboxylic acids is 1. The monoisotopic (exact) mass is 393 g/mol. The summed E-state index contributed by atoms with van der Waals surface area (Å²) in [6.07, 6.45) is 6.81. The molecule has 2 aliphatic rings. The largest absolute Gasteiger partial charge is 0.371 e. The van der Waals surface area contributed by atoms with Crippen LogP contribution in [0.1, 0.15) is 37.7 Å². The van der Waals surface area contributed by atoms with E-state index in [1.807, 2.05) is 6.07 Å². The lowest BCUT2D eigenvalue weighted by Crippen LogP contribution is -2.47. The molecular weight excluding hydrogens is 362 g/mol. The lowest BCUT2D eigenvalue weighted by atomic mass is 10.0. The molecule has 0 bridgehead atoms. The molecule has 29 heavy (non-hydrogen) atoms. The first-order valence-electron chi connectivity index (χ1n) is 10.9. The Kier molecular flexibility index (Phi) is 7.09. The Balaban J connectivity index is 1.36. The van der Waals surface area contributed by atoms with E-state index in [1.165, 1.54) is 36.0 Å². The quantitative estimate of drug-likeness (QED) is 0.620. The fraction of sp³-hybridized carbons (Fsp3) is 0.480. The van der Waals surface area contributed by atoms with E-state index in [1.54, 1.807) is 0 Å². The van der Waals surface area contributed by atoms with Gasteiger partial charge in [0.25, 0.3) is 0 Å². The molecule has 3 atom stereocenters. The van der Waals surface area contributed by atoms with Crippen molar-refractivity contribution in [1.82, 2.24) is 4.90 Å². The first kappa shape index (κ1) is 20.3. The predicted octanol–water partition coefficient (Wildman–Crippen LogP) is 4.47. The van der Waals surface area contributed by atoms with Crippen molar-refractivity contribution in [3.63, 3.8) is 0 Å². The van der Waals surface area contributed by atoms with E-state index in [4.69, 9.17) is 9.47 Å². The van der Waals surface area contributed by atoms with Crippen LogP contribution in [0.15, 0.2) is 54.6 Å². The minimum Gasteiger partial charge on any atom is -0.371 e. The van der Waals surface area contributed by atoms with Gasteiger partial charge in [-0.3, -0.25) is 4.90 Å². The summed E-state index contributed by atoms with van der Waals surface area (Å²) in [4.78, 5) is 13.5. The Morgan fingerprint density at radius 1 is 0.862 bits per heavy atom. The molecule has 4 heteroatoms. The van der Waals surface area contributed by atoms with E-state index < -0.39 is 0 Å². The normalized spacial score (nSPS) is 25.2. The van der Waals surface area contributed by atoms with Gasteiger partial charge in [-0.15, -0.1) is 0 Å². The van der Waals surface area contributed by atoms with Crippen LogP contribution in [0.5, 0.6) is 0 Å². The number of carbonyl (C=O) groups is 1. The van der Waals surface area contributed by atoms with Crippen LogP contribution in [-0.4, -0.2) is 49.1 Å². The molecule has 4 rings (SSSR count). The van der Waals surface area contributed by atoms with Gasteiger partial charge < -0.3 is 14.3 Å². The Hall–Kier alpha value is -2.01. The summed E-state index contributed by atoms with van der Waals surface area (Å²) in [5, 5.41) is 0. The van der Waals surface area contributed by atoms with E-state index in [0.29, 0.717) is 12.6 Å². The fourth-order valence-electron chi connectivity index (χ4n) is 4.73. The molecule has 4 nitrogen and oxygen atoms in total. The summed E-state index contributed by atoms with van der Waals surface area (Å²) in [5.41, 5.74) is 3.61. The van der Waals surface area contributed by atoms with Crippen LogP contribution in [0.2, 0.25) is 0 Å².